The first-order valence-electron chi connectivity index (χ1n) is 12.9. The number of nitrogens with zero attached hydrogens (tertiary/aromatic N) is 2. The van der Waals surface area contributed by atoms with Gasteiger partial charge in [0.25, 0.3) is 5.56 Å². The fourth-order valence-corrected chi connectivity index (χ4v) is 6.16. The summed E-state index contributed by atoms with van der Waals surface area (Å²) in [6.07, 6.45) is 1.61. The normalized spacial score (nSPS) is 15.0. The largest absolute Gasteiger partial charge is 0.463 e. The molecule has 0 saturated carbocycles. The maximum Gasteiger partial charge on any atom is 0.338 e. The summed E-state index contributed by atoms with van der Waals surface area (Å²) in [6.45, 7) is 1.83. The van der Waals surface area contributed by atoms with Crippen molar-refractivity contribution in [1.82, 2.24) is 4.57 Å². The first kappa shape index (κ1) is 27.9. The van der Waals surface area contributed by atoms with E-state index < -0.39 is 17.8 Å². The van der Waals surface area contributed by atoms with Crippen LogP contribution in [-0.4, -0.2) is 17.1 Å². The van der Waals surface area contributed by atoms with E-state index in [0.717, 1.165) is 11.3 Å². The molecule has 2 aromatic heterocycles. The van der Waals surface area contributed by atoms with Gasteiger partial charge in [0.05, 0.1) is 33.5 Å². The van der Waals surface area contributed by atoms with Crippen molar-refractivity contribution in [1.29, 1.82) is 0 Å². The van der Waals surface area contributed by atoms with E-state index in [1.807, 2.05) is 30.3 Å². The molecule has 6 nitrogen and oxygen atoms in total. The fraction of sp³-hybridized carbons (Fsp3) is 0.0938. The molecule has 6 rings (SSSR count). The van der Waals surface area contributed by atoms with Crippen molar-refractivity contribution in [2.45, 2.75) is 13.0 Å². The predicted octanol–water partition coefficient (Wildman–Crippen LogP) is 6.64. The van der Waals surface area contributed by atoms with Gasteiger partial charge in [0, 0.05) is 22.2 Å². The molecule has 42 heavy (non-hydrogen) atoms. The second-order valence-corrected chi connectivity index (χ2v) is 11.2. The Morgan fingerprint density at radius 1 is 1.07 bits per heavy atom. The Morgan fingerprint density at radius 3 is 2.57 bits per heavy atom. The molecule has 10 heteroatoms. The molecular formula is C32H21Cl2FN2O4S. The van der Waals surface area contributed by atoms with E-state index in [9.17, 15) is 14.0 Å². The molecule has 3 heterocycles. The van der Waals surface area contributed by atoms with Gasteiger partial charge in [-0.15, -0.1) is 0 Å². The summed E-state index contributed by atoms with van der Waals surface area (Å²) < 4.78 is 27.2. The smallest absolute Gasteiger partial charge is 0.338 e. The zero-order valence-electron chi connectivity index (χ0n) is 22.0. The average Bonchev–Trinajstić information content (AvgIpc) is 3.58. The monoisotopic (exact) mass is 618 g/mol. The third-order valence-corrected chi connectivity index (χ3v) is 8.20. The van der Waals surface area contributed by atoms with E-state index in [2.05, 4.69) is 0 Å². The van der Waals surface area contributed by atoms with Crippen LogP contribution in [0.4, 0.5) is 4.39 Å². The molecule has 0 spiro atoms. The molecule has 0 radical (unpaired) electrons. The van der Waals surface area contributed by atoms with E-state index >= 15 is 0 Å². The number of benzene rings is 3. The van der Waals surface area contributed by atoms with Gasteiger partial charge in [0.2, 0.25) is 0 Å². The van der Waals surface area contributed by atoms with Gasteiger partial charge in [-0.1, -0.05) is 77.0 Å². The Labute approximate surface area is 253 Å². The van der Waals surface area contributed by atoms with Gasteiger partial charge in [0.1, 0.15) is 17.3 Å². The van der Waals surface area contributed by atoms with E-state index in [-0.39, 0.29) is 17.7 Å². The lowest BCUT2D eigenvalue weighted by molar-refractivity contribution is -0.138. The Kier molecular flexibility index (Phi) is 7.68. The number of ether oxygens (including phenoxy) is 1. The second-order valence-electron chi connectivity index (χ2n) is 9.31. The lowest BCUT2D eigenvalue weighted by Crippen LogP contribution is -2.40. The minimum absolute atomic E-state index is 0.127. The van der Waals surface area contributed by atoms with Gasteiger partial charge in [-0.2, -0.15) is 0 Å². The van der Waals surface area contributed by atoms with Crippen molar-refractivity contribution in [2.75, 3.05) is 6.61 Å². The van der Waals surface area contributed by atoms with Gasteiger partial charge in [0.15, 0.2) is 4.80 Å². The highest BCUT2D eigenvalue weighted by Crippen LogP contribution is 2.35. The summed E-state index contributed by atoms with van der Waals surface area (Å²) in [5.41, 5.74) is 2.01. The summed E-state index contributed by atoms with van der Waals surface area (Å²) in [5, 5.41) is 0.979. The molecule has 0 saturated heterocycles. The van der Waals surface area contributed by atoms with Gasteiger partial charge in [-0.25, -0.2) is 14.2 Å². The van der Waals surface area contributed by atoms with Crippen molar-refractivity contribution >= 4 is 52.3 Å². The van der Waals surface area contributed by atoms with Crippen LogP contribution in [0.15, 0.2) is 105 Å². The number of carbonyl (C=O) groups excluding carboxylic acids is 1. The first-order chi connectivity index (χ1) is 20.3. The molecule has 0 amide bonds. The second kappa shape index (κ2) is 11.6. The average molecular weight is 620 g/mol. The molecule has 0 N–H and O–H groups in total. The molecule has 1 aliphatic rings. The van der Waals surface area contributed by atoms with Crippen molar-refractivity contribution in [3.8, 4) is 11.3 Å². The van der Waals surface area contributed by atoms with Gasteiger partial charge >= 0.3 is 5.97 Å². The summed E-state index contributed by atoms with van der Waals surface area (Å²) in [4.78, 5) is 32.6. The third-order valence-electron chi connectivity index (χ3n) is 6.65. The first-order valence-corrected chi connectivity index (χ1v) is 14.5. The van der Waals surface area contributed by atoms with Crippen LogP contribution in [0.3, 0.4) is 0 Å². The van der Waals surface area contributed by atoms with Crippen LogP contribution in [-0.2, 0) is 9.53 Å². The topological polar surface area (TPSA) is 73.8 Å². The summed E-state index contributed by atoms with van der Waals surface area (Å²) in [5.74, 6) is -0.151. The van der Waals surface area contributed by atoms with Crippen molar-refractivity contribution < 1.29 is 18.3 Å². The SMILES string of the molecule is CCOC(=O)C1=C(c2ccccc2)N=c2s/c(=C\c3ccc(-c4cc(Cl)ccc4Cl)o3)c(=O)n2C1c1ccc(F)cc1. The van der Waals surface area contributed by atoms with Crippen LogP contribution in [0.5, 0.6) is 0 Å². The number of fused-ring (bicyclic) bond motifs is 1. The van der Waals surface area contributed by atoms with E-state index in [4.69, 9.17) is 37.3 Å². The molecule has 210 valence electrons. The molecule has 3 aromatic carbocycles. The van der Waals surface area contributed by atoms with Crippen molar-refractivity contribution in [3.05, 3.63) is 143 Å². The molecule has 1 atom stereocenters. The molecule has 0 bridgehead atoms. The lowest BCUT2D eigenvalue weighted by Gasteiger charge is -2.25. The minimum atomic E-state index is -0.907. The molecule has 1 aliphatic heterocycles. The fourth-order valence-electron chi connectivity index (χ4n) is 4.79. The van der Waals surface area contributed by atoms with Crippen LogP contribution in [0.1, 0.15) is 29.9 Å². The van der Waals surface area contributed by atoms with Crippen LogP contribution in [0.2, 0.25) is 10.0 Å². The number of thiazole rings is 1. The quantitative estimate of drug-likeness (QED) is 0.200. The predicted molar refractivity (Wildman–Crippen MR) is 162 cm³/mol. The number of aromatic nitrogens is 1. The van der Waals surface area contributed by atoms with Crippen LogP contribution < -0.4 is 14.9 Å². The molecule has 5 aromatic rings. The number of hydrogen-bond donors (Lipinski definition) is 0. The number of halogens is 3. The van der Waals surface area contributed by atoms with Crippen molar-refractivity contribution in [2.24, 2.45) is 4.99 Å². The minimum Gasteiger partial charge on any atom is -0.463 e. The standard InChI is InChI=1S/C32H21Cl2FN2O4S/c1-2-40-31(39)27-28(18-6-4-3-5-7-18)36-32-37(29(27)19-8-11-21(35)12-9-19)30(38)26(42-32)17-22-13-15-25(41-22)23-16-20(33)10-14-24(23)34/h3-17,29H,2H2,1H3/b26-17-. The maximum atomic E-state index is 14.0. The highest BCUT2D eigenvalue weighted by Gasteiger charge is 2.35. The molecule has 0 aliphatic carbocycles. The van der Waals surface area contributed by atoms with Crippen LogP contribution in [0.25, 0.3) is 23.1 Å². The zero-order chi connectivity index (χ0) is 29.4. The number of esters is 1. The van der Waals surface area contributed by atoms with Gasteiger partial charge in [-0.3, -0.25) is 9.36 Å². The summed E-state index contributed by atoms with van der Waals surface area (Å²) in [7, 11) is 0. The Bertz CT molecular complexity index is 2030. The van der Waals surface area contributed by atoms with Gasteiger partial charge in [-0.05, 0) is 55.0 Å². The van der Waals surface area contributed by atoms with Gasteiger partial charge < -0.3 is 9.15 Å². The van der Waals surface area contributed by atoms with Crippen molar-refractivity contribution in [3.63, 3.8) is 0 Å². The van der Waals surface area contributed by atoms with E-state index in [1.54, 1.807) is 55.5 Å². The van der Waals surface area contributed by atoms with E-state index in [1.165, 1.54) is 16.7 Å². The maximum absolute atomic E-state index is 14.0. The number of rotatable bonds is 6. The van der Waals surface area contributed by atoms with Crippen LogP contribution >= 0.6 is 34.5 Å². The highest BCUT2D eigenvalue weighted by atomic mass is 35.5. The van der Waals surface area contributed by atoms with E-state index in [0.29, 0.717) is 53.3 Å². The molecule has 0 fully saturated rings. The third kappa shape index (κ3) is 5.25. The number of carbonyl (C=O) groups is 1. The summed E-state index contributed by atoms with van der Waals surface area (Å²) in [6, 6.07) is 22.5. The number of hydrogen-bond acceptors (Lipinski definition) is 6. The Balaban J connectivity index is 1.56. The Hall–Kier alpha value is -4.24. The number of furan rings is 1. The highest BCUT2D eigenvalue weighted by molar-refractivity contribution is 7.07. The lowest BCUT2D eigenvalue weighted by atomic mass is 9.93. The Morgan fingerprint density at radius 2 is 1.83 bits per heavy atom. The molecular weight excluding hydrogens is 598 g/mol. The summed E-state index contributed by atoms with van der Waals surface area (Å²) >= 11 is 13.6. The van der Waals surface area contributed by atoms with Crippen LogP contribution in [0, 0.1) is 5.82 Å². The zero-order valence-corrected chi connectivity index (χ0v) is 24.3. The molecule has 1 unspecified atom stereocenters.